The van der Waals surface area contributed by atoms with Gasteiger partial charge in [-0.1, -0.05) is 6.92 Å². The van der Waals surface area contributed by atoms with E-state index in [0.29, 0.717) is 6.42 Å². The van der Waals surface area contributed by atoms with Crippen molar-refractivity contribution in [1.82, 2.24) is 10.2 Å². The fraction of sp³-hybridized carbons (Fsp3) is 0.923. The molecule has 0 heterocycles. The molecule has 0 saturated heterocycles. The average Bonchev–Trinajstić information content (AvgIpc) is 3.12. The Morgan fingerprint density at radius 3 is 2.53 bits per heavy atom. The van der Waals surface area contributed by atoms with Crippen molar-refractivity contribution in [2.24, 2.45) is 0 Å². The number of hydrogen-bond acceptors (Lipinski definition) is 3. The molecule has 0 aromatic rings. The molecule has 1 atom stereocenters. The minimum absolute atomic E-state index is 0.695. The van der Waals surface area contributed by atoms with Crippen molar-refractivity contribution in [3.8, 4) is 0 Å². The van der Waals surface area contributed by atoms with E-state index in [1.54, 1.807) is 14.0 Å². The molecule has 0 aliphatic heterocycles. The molecule has 1 unspecified atom stereocenters. The van der Waals surface area contributed by atoms with E-state index in [-0.39, 0.29) is 0 Å². The van der Waals surface area contributed by atoms with E-state index in [1.807, 2.05) is 0 Å². The largest absolute Gasteiger partial charge is 0.480 e. The maximum Gasteiger partial charge on any atom is 0.323 e. The minimum Gasteiger partial charge on any atom is -0.480 e. The van der Waals surface area contributed by atoms with Gasteiger partial charge < -0.3 is 15.3 Å². The van der Waals surface area contributed by atoms with Crippen LogP contribution >= 0.6 is 0 Å². The van der Waals surface area contributed by atoms with Gasteiger partial charge in [0.05, 0.1) is 0 Å². The molecule has 0 spiro atoms. The topological polar surface area (TPSA) is 52.6 Å². The molecule has 1 aliphatic carbocycles. The first-order chi connectivity index (χ1) is 8.03. The first kappa shape index (κ1) is 14.5. The lowest BCUT2D eigenvalue weighted by molar-refractivity contribution is -0.144. The Bertz CT molecular complexity index is 254. The van der Waals surface area contributed by atoms with Crippen LogP contribution in [0.3, 0.4) is 0 Å². The first-order valence-corrected chi connectivity index (χ1v) is 6.70. The molecular formula is C13H26N2O2. The molecule has 2 N–H and O–H groups in total. The van der Waals surface area contributed by atoms with Crippen molar-refractivity contribution in [1.29, 1.82) is 0 Å². The minimum atomic E-state index is -0.767. The lowest BCUT2D eigenvalue weighted by Crippen LogP contribution is -2.47. The SMILES string of the molecule is CCN(CCCCC(C)(NC)C(=O)O)C1CC1. The second kappa shape index (κ2) is 6.36. The number of nitrogens with zero attached hydrogens (tertiary/aromatic N) is 1. The fourth-order valence-corrected chi connectivity index (χ4v) is 2.17. The molecule has 0 aromatic carbocycles. The fourth-order valence-electron chi connectivity index (χ4n) is 2.17. The molecule has 0 radical (unpaired) electrons. The van der Waals surface area contributed by atoms with Crippen molar-refractivity contribution in [2.75, 3.05) is 20.1 Å². The van der Waals surface area contributed by atoms with Crippen molar-refractivity contribution >= 4 is 5.97 Å². The van der Waals surface area contributed by atoms with Crippen LogP contribution in [-0.4, -0.2) is 47.7 Å². The monoisotopic (exact) mass is 242 g/mol. The Hall–Kier alpha value is -0.610. The Kier molecular flexibility index (Phi) is 5.40. The molecule has 1 fully saturated rings. The van der Waals surface area contributed by atoms with E-state index in [0.717, 1.165) is 32.0 Å². The van der Waals surface area contributed by atoms with Crippen molar-refractivity contribution in [3.05, 3.63) is 0 Å². The summed E-state index contributed by atoms with van der Waals surface area (Å²) in [6, 6.07) is 0.815. The summed E-state index contributed by atoms with van der Waals surface area (Å²) in [7, 11) is 1.72. The van der Waals surface area contributed by atoms with Crippen LogP contribution in [0.25, 0.3) is 0 Å². The average molecular weight is 242 g/mol. The summed E-state index contributed by atoms with van der Waals surface area (Å²) in [5.41, 5.74) is -0.767. The van der Waals surface area contributed by atoms with Crippen LogP contribution in [0.15, 0.2) is 0 Å². The number of aliphatic carboxylic acids is 1. The van der Waals surface area contributed by atoms with Crippen molar-refractivity contribution in [3.63, 3.8) is 0 Å². The second-order valence-electron chi connectivity index (χ2n) is 5.20. The second-order valence-corrected chi connectivity index (χ2v) is 5.20. The number of carboxylic acid groups (broad SMARTS) is 1. The third-order valence-corrected chi connectivity index (χ3v) is 3.87. The Morgan fingerprint density at radius 1 is 1.47 bits per heavy atom. The first-order valence-electron chi connectivity index (χ1n) is 6.70. The Labute approximate surface area is 104 Å². The maximum atomic E-state index is 11.1. The standard InChI is InChI=1S/C13H26N2O2/c1-4-15(11-7-8-11)10-6-5-9-13(2,14-3)12(16)17/h11,14H,4-10H2,1-3H3,(H,16,17). The van der Waals surface area contributed by atoms with Crippen LogP contribution < -0.4 is 5.32 Å². The van der Waals surface area contributed by atoms with Gasteiger partial charge in [-0.15, -0.1) is 0 Å². The molecule has 4 nitrogen and oxygen atoms in total. The molecule has 4 heteroatoms. The zero-order valence-corrected chi connectivity index (χ0v) is 11.3. The van der Waals surface area contributed by atoms with Gasteiger partial charge in [-0.3, -0.25) is 4.79 Å². The predicted octanol–water partition coefficient (Wildman–Crippen LogP) is 1.70. The Balaban J connectivity index is 2.20. The van der Waals surface area contributed by atoms with Gasteiger partial charge in [0.15, 0.2) is 0 Å². The third-order valence-electron chi connectivity index (χ3n) is 3.87. The molecule has 1 aliphatic rings. The number of unbranched alkanes of at least 4 members (excludes halogenated alkanes) is 1. The van der Waals surface area contributed by atoms with Gasteiger partial charge in [0.1, 0.15) is 5.54 Å². The van der Waals surface area contributed by atoms with Gasteiger partial charge in [-0.25, -0.2) is 0 Å². The molecule has 17 heavy (non-hydrogen) atoms. The van der Waals surface area contributed by atoms with Crippen LogP contribution in [0.2, 0.25) is 0 Å². The third kappa shape index (κ3) is 4.28. The van der Waals surface area contributed by atoms with Gasteiger partial charge >= 0.3 is 5.97 Å². The highest BCUT2D eigenvalue weighted by Gasteiger charge is 2.31. The normalized spacial score (nSPS) is 19.3. The lowest BCUT2D eigenvalue weighted by atomic mass is 9.95. The summed E-state index contributed by atoms with van der Waals surface area (Å²) >= 11 is 0. The smallest absolute Gasteiger partial charge is 0.323 e. The van der Waals surface area contributed by atoms with E-state index in [1.165, 1.54) is 12.8 Å². The molecule has 100 valence electrons. The van der Waals surface area contributed by atoms with Gasteiger partial charge in [-0.2, -0.15) is 0 Å². The van der Waals surface area contributed by atoms with E-state index in [2.05, 4.69) is 17.1 Å². The molecular weight excluding hydrogens is 216 g/mol. The maximum absolute atomic E-state index is 11.1. The van der Waals surface area contributed by atoms with Crippen molar-refractivity contribution in [2.45, 2.75) is 57.5 Å². The van der Waals surface area contributed by atoms with Crippen LogP contribution in [0, 0.1) is 0 Å². The molecule has 0 bridgehead atoms. The van der Waals surface area contributed by atoms with Crippen LogP contribution in [0.1, 0.15) is 46.0 Å². The van der Waals surface area contributed by atoms with Crippen LogP contribution in [0.4, 0.5) is 0 Å². The number of carboxylic acids is 1. The number of rotatable bonds is 9. The van der Waals surface area contributed by atoms with Crippen LogP contribution in [0.5, 0.6) is 0 Å². The van der Waals surface area contributed by atoms with E-state index in [4.69, 9.17) is 5.11 Å². The number of hydrogen-bond donors (Lipinski definition) is 2. The number of likely N-dealkylation sites (N-methyl/N-ethyl adjacent to an activating group) is 1. The predicted molar refractivity (Wildman–Crippen MR) is 69.2 cm³/mol. The highest BCUT2D eigenvalue weighted by molar-refractivity contribution is 5.78. The zero-order chi connectivity index (χ0) is 12.9. The van der Waals surface area contributed by atoms with E-state index >= 15 is 0 Å². The Morgan fingerprint density at radius 2 is 2.12 bits per heavy atom. The lowest BCUT2D eigenvalue weighted by Gasteiger charge is -2.25. The van der Waals surface area contributed by atoms with Crippen molar-refractivity contribution < 1.29 is 9.90 Å². The van der Waals surface area contributed by atoms with Crippen LogP contribution in [-0.2, 0) is 4.79 Å². The van der Waals surface area contributed by atoms with E-state index in [9.17, 15) is 4.79 Å². The summed E-state index contributed by atoms with van der Waals surface area (Å²) in [6.45, 7) is 6.19. The summed E-state index contributed by atoms with van der Waals surface area (Å²) in [5, 5.41) is 12.0. The highest BCUT2D eigenvalue weighted by Crippen LogP contribution is 2.26. The van der Waals surface area contributed by atoms with E-state index < -0.39 is 11.5 Å². The van der Waals surface area contributed by atoms with Gasteiger partial charge in [0.25, 0.3) is 0 Å². The summed E-state index contributed by atoms with van der Waals surface area (Å²) in [5.74, 6) is -0.755. The summed E-state index contributed by atoms with van der Waals surface area (Å²) < 4.78 is 0. The molecule has 1 rings (SSSR count). The molecule has 1 saturated carbocycles. The zero-order valence-electron chi connectivity index (χ0n) is 11.3. The summed E-state index contributed by atoms with van der Waals surface area (Å²) in [6.07, 6.45) is 5.44. The number of nitrogens with one attached hydrogen (secondary N) is 1. The van der Waals surface area contributed by atoms with Gasteiger partial charge in [0.2, 0.25) is 0 Å². The molecule has 0 amide bonds. The highest BCUT2D eigenvalue weighted by atomic mass is 16.4. The molecule has 0 aromatic heterocycles. The van der Waals surface area contributed by atoms with Gasteiger partial charge in [0, 0.05) is 6.04 Å². The summed E-state index contributed by atoms with van der Waals surface area (Å²) in [4.78, 5) is 13.6. The quantitative estimate of drug-likeness (QED) is 0.604. The van der Waals surface area contributed by atoms with Gasteiger partial charge in [-0.05, 0) is 59.2 Å². The number of carbonyl (C=O) groups is 1.